The van der Waals surface area contributed by atoms with Crippen LogP contribution < -0.4 is 21.1 Å². The molecule has 4 N–H and O–H groups in total. The highest BCUT2D eigenvalue weighted by Crippen LogP contribution is 2.25. The molecule has 2 aromatic rings. The summed E-state index contributed by atoms with van der Waals surface area (Å²) >= 11 is 0. The molecule has 0 spiro atoms. The SMILES string of the molecule is COc1ccc(C)cc1NC(=O)C(=O)Nc1ccc(N)cc1C. The first-order valence-electron chi connectivity index (χ1n) is 7.04. The first-order valence-corrected chi connectivity index (χ1v) is 7.04. The average molecular weight is 313 g/mol. The number of amides is 2. The summed E-state index contributed by atoms with van der Waals surface area (Å²) in [6.45, 7) is 3.68. The molecule has 23 heavy (non-hydrogen) atoms. The minimum atomic E-state index is -0.773. The van der Waals surface area contributed by atoms with E-state index in [-0.39, 0.29) is 0 Å². The van der Waals surface area contributed by atoms with Gasteiger partial charge in [-0.25, -0.2) is 0 Å². The Kier molecular flexibility index (Phi) is 4.85. The van der Waals surface area contributed by atoms with Crippen molar-refractivity contribution < 1.29 is 14.3 Å². The third kappa shape index (κ3) is 4.00. The Bertz CT molecular complexity index is 757. The zero-order valence-electron chi connectivity index (χ0n) is 13.3. The minimum Gasteiger partial charge on any atom is -0.495 e. The van der Waals surface area contributed by atoms with E-state index in [1.54, 1.807) is 37.3 Å². The van der Waals surface area contributed by atoms with Crippen molar-refractivity contribution in [2.75, 3.05) is 23.5 Å². The van der Waals surface area contributed by atoms with Crippen molar-refractivity contribution in [2.45, 2.75) is 13.8 Å². The lowest BCUT2D eigenvalue weighted by atomic mass is 10.2. The number of carbonyl (C=O) groups excluding carboxylic acids is 2. The standard InChI is InChI=1S/C17H19N3O3/c1-10-4-7-15(23-3)14(8-10)20-17(22)16(21)19-13-6-5-12(18)9-11(13)2/h4-9H,18H2,1-3H3,(H,19,21)(H,20,22). The molecule has 0 aromatic heterocycles. The van der Waals surface area contributed by atoms with Crippen LogP contribution in [0.3, 0.4) is 0 Å². The van der Waals surface area contributed by atoms with Gasteiger partial charge in [-0.3, -0.25) is 9.59 Å². The van der Waals surface area contributed by atoms with Gasteiger partial charge in [-0.15, -0.1) is 0 Å². The van der Waals surface area contributed by atoms with Crippen LogP contribution in [0.5, 0.6) is 5.75 Å². The molecule has 0 atom stereocenters. The molecule has 0 fully saturated rings. The molecule has 0 bridgehead atoms. The fourth-order valence-corrected chi connectivity index (χ4v) is 2.10. The summed E-state index contributed by atoms with van der Waals surface area (Å²) < 4.78 is 5.17. The highest BCUT2D eigenvalue weighted by molar-refractivity contribution is 6.43. The number of hydrogen-bond acceptors (Lipinski definition) is 4. The van der Waals surface area contributed by atoms with E-state index in [9.17, 15) is 9.59 Å². The Balaban J connectivity index is 2.11. The van der Waals surface area contributed by atoms with Crippen LogP contribution in [-0.4, -0.2) is 18.9 Å². The second-order valence-electron chi connectivity index (χ2n) is 5.19. The summed E-state index contributed by atoms with van der Waals surface area (Å²) in [4.78, 5) is 24.1. The molecule has 2 amide bonds. The van der Waals surface area contributed by atoms with Crippen molar-refractivity contribution in [1.29, 1.82) is 0 Å². The third-order valence-corrected chi connectivity index (χ3v) is 3.31. The van der Waals surface area contributed by atoms with Gasteiger partial charge in [-0.1, -0.05) is 6.07 Å². The van der Waals surface area contributed by atoms with Crippen LogP contribution >= 0.6 is 0 Å². The fraction of sp³-hybridized carbons (Fsp3) is 0.176. The quantitative estimate of drug-likeness (QED) is 0.599. The molecule has 120 valence electrons. The zero-order valence-corrected chi connectivity index (χ0v) is 13.3. The number of nitrogens with two attached hydrogens (primary N) is 1. The number of nitrogens with one attached hydrogen (secondary N) is 2. The smallest absolute Gasteiger partial charge is 0.314 e. The average Bonchev–Trinajstić information content (AvgIpc) is 2.50. The van der Waals surface area contributed by atoms with Gasteiger partial charge in [0.2, 0.25) is 0 Å². The number of methoxy groups -OCH3 is 1. The van der Waals surface area contributed by atoms with Gasteiger partial charge in [0.15, 0.2) is 0 Å². The van der Waals surface area contributed by atoms with E-state index >= 15 is 0 Å². The molecular weight excluding hydrogens is 294 g/mol. The van der Waals surface area contributed by atoms with E-state index < -0.39 is 11.8 Å². The number of ether oxygens (including phenoxy) is 1. The Hall–Kier alpha value is -3.02. The van der Waals surface area contributed by atoms with E-state index in [1.165, 1.54) is 7.11 Å². The Labute approximate surface area is 134 Å². The third-order valence-electron chi connectivity index (χ3n) is 3.31. The Morgan fingerprint density at radius 1 is 0.957 bits per heavy atom. The van der Waals surface area contributed by atoms with Gasteiger partial charge < -0.3 is 21.1 Å². The summed E-state index contributed by atoms with van der Waals surface area (Å²) in [5.41, 5.74) is 8.95. The Morgan fingerprint density at radius 3 is 2.22 bits per heavy atom. The minimum absolute atomic E-state index is 0.446. The first kappa shape index (κ1) is 16.4. The second-order valence-corrected chi connectivity index (χ2v) is 5.19. The van der Waals surface area contributed by atoms with Crippen molar-refractivity contribution in [3.05, 3.63) is 47.5 Å². The molecule has 0 heterocycles. The number of hydrogen-bond donors (Lipinski definition) is 3. The monoisotopic (exact) mass is 313 g/mol. The maximum Gasteiger partial charge on any atom is 0.314 e. The van der Waals surface area contributed by atoms with Crippen LogP contribution in [0.1, 0.15) is 11.1 Å². The highest BCUT2D eigenvalue weighted by Gasteiger charge is 2.17. The molecule has 0 aliphatic heterocycles. The Morgan fingerprint density at radius 2 is 1.61 bits per heavy atom. The van der Waals surface area contributed by atoms with E-state index in [0.29, 0.717) is 22.8 Å². The van der Waals surface area contributed by atoms with Gasteiger partial charge in [0.25, 0.3) is 0 Å². The predicted octanol–water partition coefficient (Wildman–Crippen LogP) is 2.47. The van der Waals surface area contributed by atoms with E-state index in [4.69, 9.17) is 10.5 Å². The molecule has 0 unspecified atom stereocenters. The van der Waals surface area contributed by atoms with Gasteiger partial charge >= 0.3 is 11.8 Å². The van der Waals surface area contributed by atoms with Crippen LogP contribution in [0.15, 0.2) is 36.4 Å². The van der Waals surface area contributed by atoms with E-state index in [2.05, 4.69) is 10.6 Å². The van der Waals surface area contributed by atoms with E-state index in [1.807, 2.05) is 13.0 Å². The molecule has 0 radical (unpaired) electrons. The molecule has 6 heteroatoms. The zero-order chi connectivity index (χ0) is 17.0. The maximum atomic E-state index is 12.1. The van der Waals surface area contributed by atoms with Gasteiger partial charge in [-0.05, 0) is 55.3 Å². The normalized spacial score (nSPS) is 10.0. The van der Waals surface area contributed by atoms with Crippen molar-refractivity contribution >= 4 is 28.9 Å². The number of carbonyl (C=O) groups is 2. The molecule has 0 saturated carbocycles. The van der Waals surface area contributed by atoms with Gasteiger partial charge in [0.1, 0.15) is 5.75 Å². The predicted molar refractivity (Wildman–Crippen MR) is 90.6 cm³/mol. The van der Waals surface area contributed by atoms with Gasteiger partial charge in [0, 0.05) is 11.4 Å². The van der Waals surface area contributed by atoms with Crippen molar-refractivity contribution in [1.82, 2.24) is 0 Å². The fourth-order valence-electron chi connectivity index (χ4n) is 2.10. The van der Waals surface area contributed by atoms with Crippen molar-refractivity contribution in [3.8, 4) is 5.75 Å². The summed E-state index contributed by atoms with van der Waals surface area (Å²) in [5, 5.41) is 5.11. The lowest BCUT2D eigenvalue weighted by Crippen LogP contribution is -2.29. The number of anilines is 3. The number of nitrogen functional groups attached to an aromatic ring is 1. The van der Waals surface area contributed by atoms with Crippen LogP contribution in [0.2, 0.25) is 0 Å². The summed E-state index contributed by atoms with van der Waals surface area (Å²) in [6.07, 6.45) is 0. The summed E-state index contributed by atoms with van der Waals surface area (Å²) in [7, 11) is 1.50. The number of rotatable bonds is 3. The van der Waals surface area contributed by atoms with Crippen LogP contribution in [0.25, 0.3) is 0 Å². The van der Waals surface area contributed by atoms with Crippen LogP contribution in [-0.2, 0) is 9.59 Å². The summed E-state index contributed by atoms with van der Waals surface area (Å²) in [5.74, 6) is -1.05. The molecule has 0 aliphatic rings. The molecule has 0 aliphatic carbocycles. The second kappa shape index (κ2) is 6.83. The lowest BCUT2D eigenvalue weighted by Gasteiger charge is -2.12. The molecule has 6 nitrogen and oxygen atoms in total. The van der Waals surface area contributed by atoms with Crippen molar-refractivity contribution in [3.63, 3.8) is 0 Å². The summed E-state index contributed by atoms with van der Waals surface area (Å²) in [6, 6.07) is 10.3. The van der Waals surface area contributed by atoms with Crippen LogP contribution in [0, 0.1) is 13.8 Å². The number of aryl methyl sites for hydroxylation is 2. The van der Waals surface area contributed by atoms with Gasteiger partial charge in [-0.2, -0.15) is 0 Å². The molecule has 2 aromatic carbocycles. The van der Waals surface area contributed by atoms with E-state index in [0.717, 1.165) is 11.1 Å². The largest absolute Gasteiger partial charge is 0.495 e. The van der Waals surface area contributed by atoms with Crippen LogP contribution in [0.4, 0.5) is 17.1 Å². The number of benzene rings is 2. The molecule has 0 saturated heterocycles. The highest BCUT2D eigenvalue weighted by atomic mass is 16.5. The maximum absolute atomic E-state index is 12.1. The topological polar surface area (TPSA) is 93.4 Å². The van der Waals surface area contributed by atoms with Crippen molar-refractivity contribution in [2.24, 2.45) is 0 Å². The lowest BCUT2D eigenvalue weighted by molar-refractivity contribution is -0.133. The first-order chi connectivity index (χ1) is 10.9. The molecular formula is C17H19N3O3. The van der Waals surface area contributed by atoms with Gasteiger partial charge in [0.05, 0.1) is 12.8 Å². The molecule has 2 rings (SSSR count).